The van der Waals surface area contributed by atoms with Crippen molar-refractivity contribution in [1.29, 1.82) is 0 Å². The van der Waals surface area contributed by atoms with E-state index in [1.807, 2.05) is 26.0 Å². The zero-order valence-electron chi connectivity index (χ0n) is 10.8. The Morgan fingerprint density at radius 2 is 2.06 bits per heavy atom. The minimum Gasteiger partial charge on any atom is -0.496 e. The molecule has 4 nitrogen and oxygen atoms in total. The third-order valence-corrected chi connectivity index (χ3v) is 3.00. The normalized spacial score (nSPS) is 10.4. The summed E-state index contributed by atoms with van der Waals surface area (Å²) in [6.07, 6.45) is 5.06. The van der Waals surface area contributed by atoms with Crippen LogP contribution in [0.4, 0.5) is 0 Å². The van der Waals surface area contributed by atoms with Crippen LogP contribution < -0.4 is 4.74 Å². The number of aryl methyl sites for hydroxylation is 2. The third kappa shape index (κ3) is 2.42. The molecule has 2 aromatic rings. The van der Waals surface area contributed by atoms with Gasteiger partial charge in [-0.05, 0) is 37.1 Å². The molecule has 18 heavy (non-hydrogen) atoms. The number of hydrogen-bond donors (Lipinski definition) is 0. The van der Waals surface area contributed by atoms with E-state index in [0.717, 1.165) is 11.1 Å². The van der Waals surface area contributed by atoms with E-state index >= 15 is 0 Å². The van der Waals surface area contributed by atoms with Gasteiger partial charge in [0.25, 0.3) is 0 Å². The molecule has 0 aliphatic heterocycles. The van der Waals surface area contributed by atoms with Crippen LogP contribution in [0.15, 0.2) is 30.9 Å². The summed E-state index contributed by atoms with van der Waals surface area (Å²) in [5.41, 5.74) is 2.82. The molecule has 0 fully saturated rings. The van der Waals surface area contributed by atoms with Crippen molar-refractivity contribution in [1.82, 2.24) is 9.55 Å². The lowest BCUT2D eigenvalue weighted by Gasteiger charge is -2.11. The van der Waals surface area contributed by atoms with Gasteiger partial charge in [0.05, 0.1) is 25.5 Å². The van der Waals surface area contributed by atoms with Gasteiger partial charge >= 0.3 is 0 Å². The zero-order valence-corrected chi connectivity index (χ0v) is 10.8. The van der Waals surface area contributed by atoms with Crippen molar-refractivity contribution in [3.63, 3.8) is 0 Å². The number of ketones is 1. The lowest BCUT2D eigenvalue weighted by atomic mass is 10.0. The average molecular weight is 244 g/mol. The Morgan fingerprint density at radius 3 is 2.67 bits per heavy atom. The summed E-state index contributed by atoms with van der Waals surface area (Å²) >= 11 is 0. The SMILES string of the molecule is COc1cc(C)c(C)cc1C(=O)Cn1ccnc1. The fourth-order valence-electron chi connectivity index (χ4n) is 1.81. The van der Waals surface area contributed by atoms with Crippen LogP contribution in [-0.2, 0) is 6.54 Å². The van der Waals surface area contributed by atoms with Gasteiger partial charge in [-0.25, -0.2) is 4.98 Å². The molecule has 0 saturated carbocycles. The molecule has 0 amide bonds. The molecule has 0 aliphatic carbocycles. The van der Waals surface area contributed by atoms with E-state index in [2.05, 4.69) is 4.98 Å². The Kier molecular flexibility index (Phi) is 3.46. The van der Waals surface area contributed by atoms with E-state index in [0.29, 0.717) is 11.3 Å². The molecule has 0 unspecified atom stereocenters. The lowest BCUT2D eigenvalue weighted by Crippen LogP contribution is -2.11. The van der Waals surface area contributed by atoms with Gasteiger partial charge in [0.2, 0.25) is 0 Å². The maximum Gasteiger partial charge on any atom is 0.186 e. The first-order valence-corrected chi connectivity index (χ1v) is 5.76. The van der Waals surface area contributed by atoms with Gasteiger partial charge < -0.3 is 9.30 Å². The minimum atomic E-state index is 0.0213. The van der Waals surface area contributed by atoms with Gasteiger partial charge in [0, 0.05) is 12.4 Å². The smallest absolute Gasteiger partial charge is 0.186 e. The first-order chi connectivity index (χ1) is 8.61. The summed E-state index contributed by atoms with van der Waals surface area (Å²) < 4.78 is 7.02. The van der Waals surface area contributed by atoms with Gasteiger partial charge in [-0.15, -0.1) is 0 Å². The Hall–Kier alpha value is -2.10. The van der Waals surface area contributed by atoms with Crippen LogP contribution in [0.5, 0.6) is 5.75 Å². The number of hydrogen-bond acceptors (Lipinski definition) is 3. The third-order valence-electron chi connectivity index (χ3n) is 3.00. The summed E-state index contributed by atoms with van der Waals surface area (Å²) in [6.45, 7) is 4.27. The first-order valence-electron chi connectivity index (χ1n) is 5.76. The van der Waals surface area contributed by atoms with Crippen molar-refractivity contribution < 1.29 is 9.53 Å². The fourth-order valence-corrected chi connectivity index (χ4v) is 1.81. The van der Waals surface area contributed by atoms with Crippen molar-refractivity contribution >= 4 is 5.78 Å². The number of Topliss-reactive ketones (excluding diaryl/α,β-unsaturated/α-hetero) is 1. The van der Waals surface area contributed by atoms with Crippen LogP contribution in [0, 0.1) is 13.8 Å². The van der Waals surface area contributed by atoms with E-state index in [1.54, 1.807) is 30.4 Å². The average Bonchev–Trinajstić information content (AvgIpc) is 2.84. The summed E-state index contributed by atoms with van der Waals surface area (Å²) in [4.78, 5) is 16.1. The van der Waals surface area contributed by atoms with Crippen molar-refractivity contribution in [3.05, 3.63) is 47.5 Å². The molecule has 0 aliphatic rings. The lowest BCUT2D eigenvalue weighted by molar-refractivity contribution is 0.0969. The number of ether oxygens (including phenoxy) is 1. The molecule has 0 N–H and O–H groups in total. The minimum absolute atomic E-state index is 0.0213. The van der Waals surface area contributed by atoms with Crippen molar-refractivity contribution in [3.8, 4) is 5.75 Å². The molecule has 4 heteroatoms. The van der Waals surface area contributed by atoms with Gasteiger partial charge in [-0.2, -0.15) is 0 Å². The van der Waals surface area contributed by atoms with Crippen LogP contribution >= 0.6 is 0 Å². The molecule has 94 valence electrons. The quantitative estimate of drug-likeness (QED) is 0.776. The summed E-state index contributed by atoms with van der Waals surface area (Å²) in [5.74, 6) is 0.649. The van der Waals surface area contributed by atoms with Crippen LogP contribution in [0.2, 0.25) is 0 Å². The first kappa shape index (κ1) is 12.4. The zero-order chi connectivity index (χ0) is 13.1. The molecule has 0 atom stereocenters. The summed E-state index contributed by atoms with van der Waals surface area (Å²) in [7, 11) is 1.58. The van der Waals surface area contributed by atoms with E-state index in [9.17, 15) is 4.79 Å². The predicted octanol–water partition coefficient (Wildman–Crippen LogP) is 2.39. The Labute approximate surface area is 106 Å². The second-order valence-corrected chi connectivity index (χ2v) is 4.29. The van der Waals surface area contributed by atoms with E-state index in [-0.39, 0.29) is 12.3 Å². The Bertz CT molecular complexity index is 559. The monoisotopic (exact) mass is 244 g/mol. The second kappa shape index (κ2) is 5.04. The van der Waals surface area contributed by atoms with Gasteiger partial charge in [0.15, 0.2) is 5.78 Å². The standard InChI is InChI=1S/C14H16N2O2/c1-10-6-12(14(18-3)7-11(10)2)13(17)8-16-5-4-15-9-16/h4-7,9H,8H2,1-3H3. The molecule has 0 radical (unpaired) electrons. The molecule has 0 saturated heterocycles. The number of carbonyl (C=O) groups excluding carboxylic acids is 1. The van der Waals surface area contributed by atoms with Crippen LogP contribution in [-0.4, -0.2) is 22.4 Å². The van der Waals surface area contributed by atoms with Crippen LogP contribution in [0.1, 0.15) is 21.5 Å². The largest absolute Gasteiger partial charge is 0.496 e. The molecule has 0 bridgehead atoms. The molecule has 2 rings (SSSR count). The summed E-state index contributed by atoms with van der Waals surface area (Å²) in [6, 6.07) is 3.78. The van der Waals surface area contributed by atoms with E-state index in [4.69, 9.17) is 4.74 Å². The molecule has 0 spiro atoms. The number of imidazole rings is 1. The van der Waals surface area contributed by atoms with Gasteiger partial charge in [-0.1, -0.05) is 0 Å². The number of aromatic nitrogens is 2. The van der Waals surface area contributed by atoms with Crippen molar-refractivity contribution in [2.45, 2.75) is 20.4 Å². The molecule has 1 heterocycles. The van der Waals surface area contributed by atoms with Crippen LogP contribution in [0.3, 0.4) is 0 Å². The maximum atomic E-state index is 12.2. The molecular weight excluding hydrogens is 228 g/mol. The number of nitrogens with zero attached hydrogens (tertiary/aromatic N) is 2. The Morgan fingerprint density at radius 1 is 1.33 bits per heavy atom. The number of methoxy groups -OCH3 is 1. The van der Waals surface area contributed by atoms with Crippen LogP contribution in [0.25, 0.3) is 0 Å². The van der Waals surface area contributed by atoms with Crippen molar-refractivity contribution in [2.24, 2.45) is 0 Å². The van der Waals surface area contributed by atoms with Gasteiger partial charge in [0.1, 0.15) is 5.75 Å². The topological polar surface area (TPSA) is 44.1 Å². The van der Waals surface area contributed by atoms with Gasteiger partial charge in [-0.3, -0.25) is 4.79 Å². The van der Waals surface area contributed by atoms with Crippen molar-refractivity contribution in [2.75, 3.05) is 7.11 Å². The highest BCUT2D eigenvalue weighted by Crippen LogP contribution is 2.23. The fraction of sp³-hybridized carbons (Fsp3) is 0.286. The number of rotatable bonds is 4. The highest BCUT2D eigenvalue weighted by molar-refractivity contribution is 5.98. The van der Waals surface area contributed by atoms with E-state index in [1.165, 1.54) is 0 Å². The molecular formula is C14H16N2O2. The van der Waals surface area contributed by atoms with E-state index < -0.39 is 0 Å². The molecule has 1 aromatic heterocycles. The molecule has 1 aromatic carbocycles. The number of carbonyl (C=O) groups is 1. The maximum absolute atomic E-state index is 12.2. The number of benzene rings is 1. The predicted molar refractivity (Wildman–Crippen MR) is 69.0 cm³/mol. The second-order valence-electron chi connectivity index (χ2n) is 4.29. The highest BCUT2D eigenvalue weighted by Gasteiger charge is 2.14. The summed E-state index contributed by atoms with van der Waals surface area (Å²) in [5, 5.41) is 0. The Balaban J connectivity index is 2.32. The highest BCUT2D eigenvalue weighted by atomic mass is 16.5.